The average molecular weight is 413 g/mol. The van der Waals surface area contributed by atoms with E-state index < -0.39 is 27.8 Å². The third-order valence-corrected chi connectivity index (χ3v) is 5.64. The first-order valence-electron chi connectivity index (χ1n) is 8.46. The molecule has 0 bridgehead atoms. The fourth-order valence-corrected chi connectivity index (χ4v) is 4.16. The monoisotopic (exact) mass is 412 g/mol. The number of sulfonamides is 1. The van der Waals surface area contributed by atoms with Gasteiger partial charge in [0.1, 0.15) is 11.9 Å². The second-order valence-electron chi connectivity index (χ2n) is 6.20. The van der Waals surface area contributed by atoms with Gasteiger partial charge in [0.15, 0.2) is 0 Å². The Balaban J connectivity index is 2.00. The Morgan fingerprint density at radius 3 is 2.56 bits per heavy atom. The lowest BCUT2D eigenvalue weighted by atomic mass is 10.1. The Labute approximate surface area is 164 Å². The molecule has 0 saturated heterocycles. The molecule has 0 radical (unpaired) electrons. The zero-order chi connectivity index (χ0) is 20.0. The van der Waals surface area contributed by atoms with Crippen LogP contribution in [0.3, 0.4) is 0 Å². The van der Waals surface area contributed by atoms with Gasteiger partial charge in [0.05, 0.1) is 11.9 Å². The van der Waals surface area contributed by atoms with Crippen LogP contribution in [0.5, 0.6) is 0 Å². The summed E-state index contributed by atoms with van der Waals surface area (Å²) in [6.07, 6.45) is 2.33. The van der Waals surface area contributed by atoms with Crippen LogP contribution in [0.25, 0.3) is 0 Å². The van der Waals surface area contributed by atoms with E-state index in [4.69, 9.17) is 11.6 Å². The van der Waals surface area contributed by atoms with Crippen LogP contribution in [0.2, 0.25) is 5.02 Å². The predicted molar refractivity (Wildman–Crippen MR) is 106 cm³/mol. The highest BCUT2D eigenvalue weighted by molar-refractivity contribution is 7.92. The minimum atomic E-state index is -3.77. The van der Waals surface area contributed by atoms with Crippen LogP contribution >= 0.6 is 11.6 Å². The summed E-state index contributed by atoms with van der Waals surface area (Å²) in [7, 11) is -3.77. The molecule has 0 aromatic heterocycles. The third kappa shape index (κ3) is 5.94. The van der Waals surface area contributed by atoms with Crippen molar-refractivity contribution in [3.8, 4) is 0 Å². The summed E-state index contributed by atoms with van der Waals surface area (Å²) in [5, 5.41) is 3.40. The van der Waals surface area contributed by atoms with E-state index in [0.717, 1.165) is 22.2 Å². The number of carbonyl (C=O) groups excluding carboxylic acids is 1. The summed E-state index contributed by atoms with van der Waals surface area (Å²) in [6, 6.07) is 11.6. The third-order valence-electron chi connectivity index (χ3n) is 4.03. The zero-order valence-electron chi connectivity index (χ0n) is 15.2. The van der Waals surface area contributed by atoms with Crippen LogP contribution in [0.1, 0.15) is 18.9 Å². The van der Waals surface area contributed by atoms with Gasteiger partial charge in [0, 0.05) is 11.6 Å². The minimum absolute atomic E-state index is 0.108. The molecule has 2 aromatic carbocycles. The molecule has 0 aliphatic heterocycles. The largest absolute Gasteiger partial charge is 0.354 e. The van der Waals surface area contributed by atoms with E-state index in [2.05, 4.69) is 5.32 Å². The lowest BCUT2D eigenvalue weighted by Crippen LogP contribution is -2.48. The first kappa shape index (κ1) is 21.2. The molecule has 1 N–H and O–H groups in total. The number of hydrogen-bond donors (Lipinski definition) is 1. The summed E-state index contributed by atoms with van der Waals surface area (Å²) in [6.45, 7) is 1.84. The summed E-state index contributed by atoms with van der Waals surface area (Å²) in [4.78, 5) is 12.4. The zero-order valence-corrected chi connectivity index (χ0v) is 16.7. The maximum atomic E-state index is 13.5. The molecule has 0 fully saturated rings. The van der Waals surface area contributed by atoms with Crippen molar-refractivity contribution in [3.63, 3.8) is 0 Å². The van der Waals surface area contributed by atoms with Crippen LogP contribution in [0.4, 0.5) is 10.1 Å². The Morgan fingerprint density at radius 1 is 1.22 bits per heavy atom. The lowest BCUT2D eigenvalue weighted by molar-refractivity contribution is -0.121. The molecule has 0 saturated carbocycles. The number of amides is 1. The van der Waals surface area contributed by atoms with Gasteiger partial charge in [-0.3, -0.25) is 9.10 Å². The van der Waals surface area contributed by atoms with Crippen molar-refractivity contribution >= 4 is 33.2 Å². The Bertz CT molecular complexity index is 905. The van der Waals surface area contributed by atoms with E-state index in [1.165, 1.54) is 25.1 Å². The van der Waals surface area contributed by atoms with Crippen molar-refractivity contribution in [2.75, 3.05) is 17.1 Å². The number of halogens is 2. The van der Waals surface area contributed by atoms with E-state index in [0.29, 0.717) is 24.4 Å². The van der Waals surface area contributed by atoms with Crippen LogP contribution in [-0.4, -0.2) is 33.2 Å². The number of nitrogens with zero attached hydrogens (tertiary/aromatic N) is 1. The Morgan fingerprint density at radius 2 is 1.93 bits per heavy atom. The van der Waals surface area contributed by atoms with Crippen molar-refractivity contribution in [2.45, 2.75) is 25.8 Å². The smallest absolute Gasteiger partial charge is 0.243 e. The number of rotatable bonds is 8. The summed E-state index contributed by atoms with van der Waals surface area (Å²) in [5.74, 6) is -1.03. The van der Waals surface area contributed by atoms with Gasteiger partial charge in [-0.05, 0) is 49.6 Å². The second-order valence-corrected chi connectivity index (χ2v) is 8.47. The van der Waals surface area contributed by atoms with Gasteiger partial charge in [0.25, 0.3) is 0 Å². The molecule has 0 heterocycles. The van der Waals surface area contributed by atoms with Gasteiger partial charge in [-0.2, -0.15) is 0 Å². The maximum Gasteiger partial charge on any atom is 0.243 e. The fourth-order valence-electron chi connectivity index (χ4n) is 2.76. The quantitative estimate of drug-likeness (QED) is 0.676. The first-order valence-corrected chi connectivity index (χ1v) is 10.7. The molecule has 27 heavy (non-hydrogen) atoms. The van der Waals surface area contributed by atoms with E-state index in [-0.39, 0.29) is 5.69 Å². The van der Waals surface area contributed by atoms with Crippen LogP contribution in [0.15, 0.2) is 48.5 Å². The van der Waals surface area contributed by atoms with Crippen LogP contribution < -0.4 is 9.62 Å². The number of anilines is 1. The normalized spacial score (nSPS) is 12.4. The molecule has 0 aliphatic carbocycles. The van der Waals surface area contributed by atoms with E-state index in [1.807, 2.05) is 18.2 Å². The maximum absolute atomic E-state index is 13.5. The van der Waals surface area contributed by atoms with E-state index in [9.17, 15) is 17.6 Å². The molecule has 146 valence electrons. The van der Waals surface area contributed by atoms with E-state index in [1.54, 1.807) is 6.07 Å². The van der Waals surface area contributed by atoms with Crippen molar-refractivity contribution < 1.29 is 17.6 Å². The molecule has 0 aliphatic rings. The SMILES string of the molecule is C[C@H](C(=O)NCCCc1ccccc1Cl)N(c1cccc(F)c1)S(C)(=O)=O. The summed E-state index contributed by atoms with van der Waals surface area (Å²) < 4.78 is 38.7. The molecule has 2 aromatic rings. The van der Waals surface area contributed by atoms with Crippen molar-refractivity contribution in [1.29, 1.82) is 0 Å². The van der Waals surface area contributed by atoms with Gasteiger partial charge < -0.3 is 5.32 Å². The molecule has 2 rings (SSSR count). The highest BCUT2D eigenvalue weighted by atomic mass is 35.5. The topological polar surface area (TPSA) is 66.5 Å². The summed E-state index contributed by atoms with van der Waals surface area (Å²) >= 11 is 6.10. The number of benzene rings is 2. The minimum Gasteiger partial charge on any atom is -0.354 e. The average Bonchev–Trinajstić information content (AvgIpc) is 2.59. The molecule has 1 amide bonds. The standard InChI is InChI=1S/C19H22ClFN2O3S/c1-14(23(27(2,25)26)17-10-5-9-16(21)13-17)19(24)22-12-6-8-15-7-3-4-11-18(15)20/h3-5,7,9-11,13-14H,6,8,12H2,1-2H3,(H,22,24)/t14-/m1/s1. The van der Waals surface area contributed by atoms with E-state index >= 15 is 0 Å². The highest BCUT2D eigenvalue weighted by Crippen LogP contribution is 2.21. The fraction of sp³-hybridized carbons (Fsp3) is 0.316. The molecule has 1 atom stereocenters. The number of nitrogens with one attached hydrogen (secondary N) is 1. The molecular formula is C19H22ClFN2O3S. The van der Waals surface area contributed by atoms with Gasteiger partial charge in [-0.25, -0.2) is 12.8 Å². The van der Waals surface area contributed by atoms with Crippen molar-refractivity contribution in [1.82, 2.24) is 5.32 Å². The predicted octanol–water partition coefficient (Wildman–Crippen LogP) is 3.38. The van der Waals surface area contributed by atoms with Crippen LogP contribution in [0, 0.1) is 5.82 Å². The highest BCUT2D eigenvalue weighted by Gasteiger charge is 2.29. The van der Waals surface area contributed by atoms with Crippen molar-refractivity contribution in [3.05, 3.63) is 64.9 Å². The second kappa shape index (κ2) is 9.19. The molecular weight excluding hydrogens is 391 g/mol. The molecule has 0 spiro atoms. The van der Waals surface area contributed by atoms with Gasteiger partial charge in [0.2, 0.25) is 15.9 Å². The Hall–Kier alpha value is -2.12. The number of hydrogen-bond acceptors (Lipinski definition) is 3. The lowest BCUT2D eigenvalue weighted by Gasteiger charge is -2.28. The Kier molecular flexibility index (Phi) is 7.21. The molecule has 8 heteroatoms. The number of carbonyl (C=O) groups is 1. The summed E-state index contributed by atoms with van der Waals surface area (Å²) in [5.41, 5.74) is 1.09. The van der Waals surface area contributed by atoms with Crippen molar-refractivity contribution in [2.24, 2.45) is 0 Å². The van der Waals surface area contributed by atoms with Crippen LogP contribution in [-0.2, 0) is 21.2 Å². The molecule has 0 unspecified atom stereocenters. The van der Waals surface area contributed by atoms with Gasteiger partial charge in [-0.15, -0.1) is 0 Å². The van der Waals surface area contributed by atoms with Gasteiger partial charge in [-0.1, -0.05) is 35.9 Å². The van der Waals surface area contributed by atoms with Gasteiger partial charge >= 0.3 is 0 Å². The number of aryl methyl sites for hydroxylation is 1. The first-order chi connectivity index (χ1) is 12.7. The molecule has 5 nitrogen and oxygen atoms in total.